The fraction of sp³-hybridized carbons (Fsp3) is 0.211. The first-order chi connectivity index (χ1) is 14.1. The molecule has 9 nitrogen and oxygen atoms in total. The number of nitrogens with zero attached hydrogens (tertiary/aromatic N) is 4. The molecule has 1 heterocycles. The van der Waals surface area contributed by atoms with Gasteiger partial charge in [-0.15, -0.1) is 5.10 Å². The third kappa shape index (κ3) is 4.16. The Kier molecular flexibility index (Phi) is 5.85. The van der Waals surface area contributed by atoms with Gasteiger partial charge in [-0.1, -0.05) is 0 Å². The van der Waals surface area contributed by atoms with Crippen LogP contribution in [-0.4, -0.2) is 54.6 Å². The number of aryl methyl sites for hydroxylation is 1. The number of benzene rings is 2. The zero-order chi connectivity index (χ0) is 22.1. The minimum absolute atomic E-state index is 0.00965. The van der Waals surface area contributed by atoms with Crippen molar-refractivity contribution in [2.75, 3.05) is 26.5 Å². The van der Waals surface area contributed by atoms with Crippen LogP contribution in [0.1, 0.15) is 16.4 Å². The van der Waals surface area contributed by atoms with Gasteiger partial charge in [0.05, 0.1) is 23.4 Å². The summed E-state index contributed by atoms with van der Waals surface area (Å²) in [6.07, 6.45) is 0. The molecule has 1 N–H and O–H groups in total. The summed E-state index contributed by atoms with van der Waals surface area (Å²) in [5.74, 6) is -0.496. The van der Waals surface area contributed by atoms with Crippen molar-refractivity contribution in [2.45, 2.75) is 11.8 Å². The normalized spacial score (nSPS) is 11.5. The molecular weight excluding hydrogens is 413 g/mol. The van der Waals surface area contributed by atoms with Crippen LogP contribution in [0.4, 0.5) is 10.1 Å². The lowest BCUT2D eigenvalue weighted by atomic mass is 10.3. The van der Waals surface area contributed by atoms with E-state index in [-0.39, 0.29) is 22.2 Å². The molecule has 0 aliphatic carbocycles. The second-order valence-corrected chi connectivity index (χ2v) is 8.63. The lowest BCUT2D eigenvalue weighted by molar-refractivity contribution is 0.101. The van der Waals surface area contributed by atoms with Crippen LogP contribution in [0.5, 0.6) is 5.75 Å². The summed E-state index contributed by atoms with van der Waals surface area (Å²) in [4.78, 5) is 16.8. The van der Waals surface area contributed by atoms with E-state index < -0.39 is 21.7 Å². The van der Waals surface area contributed by atoms with Crippen LogP contribution < -0.4 is 10.1 Å². The highest BCUT2D eigenvalue weighted by molar-refractivity contribution is 7.89. The predicted octanol–water partition coefficient (Wildman–Crippen LogP) is 2.23. The number of aromatic nitrogens is 3. The molecule has 1 aromatic heterocycles. The SMILES string of the molecule is COc1ccc(S(=O)(=O)N(C)C)cc1NC(=O)c1nc(C)n(-c2ccc(F)cc2)n1. The molecule has 0 spiro atoms. The van der Waals surface area contributed by atoms with Gasteiger partial charge in [-0.3, -0.25) is 4.79 Å². The number of hydrogen-bond donors (Lipinski definition) is 1. The number of carbonyl (C=O) groups is 1. The molecule has 3 aromatic rings. The van der Waals surface area contributed by atoms with Gasteiger partial charge in [0.2, 0.25) is 15.8 Å². The maximum atomic E-state index is 13.1. The summed E-state index contributed by atoms with van der Waals surface area (Å²) in [6.45, 7) is 1.65. The number of halogens is 1. The Balaban J connectivity index is 1.93. The average molecular weight is 433 g/mol. The highest BCUT2D eigenvalue weighted by Gasteiger charge is 2.21. The van der Waals surface area contributed by atoms with Crippen molar-refractivity contribution in [1.82, 2.24) is 19.1 Å². The van der Waals surface area contributed by atoms with Crippen molar-refractivity contribution < 1.29 is 22.3 Å². The fourth-order valence-electron chi connectivity index (χ4n) is 2.65. The number of amides is 1. The smallest absolute Gasteiger partial charge is 0.295 e. The van der Waals surface area contributed by atoms with Crippen LogP contribution in [0.25, 0.3) is 5.69 Å². The molecule has 0 aliphatic heterocycles. The molecule has 0 atom stereocenters. The van der Waals surface area contributed by atoms with E-state index in [0.717, 1.165) is 4.31 Å². The summed E-state index contributed by atoms with van der Waals surface area (Å²) in [5.41, 5.74) is 0.693. The van der Waals surface area contributed by atoms with Crippen LogP contribution in [0.2, 0.25) is 0 Å². The number of hydrogen-bond acceptors (Lipinski definition) is 6. The van der Waals surface area contributed by atoms with Gasteiger partial charge in [0.1, 0.15) is 17.4 Å². The summed E-state index contributed by atoms with van der Waals surface area (Å²) >= 11 is 0. The molecule has 0 aliphatic rings. The van der Waals surface area contributed by atoms with E-state index in [1.165, 1.54) is 68.4 Å². The first kappa shape index (κ1) is 21.4. The molecule has 0 radical (unpaired) electrons. The van der Waals surface area contributed by atoms with Gasteiger partial charge in [-0.2, -0.15) is 0 Å². The second kappa shape index (κ2) is 8.20. The third-order valence-electron chi connectivity index (χ3n) is 4.24. The number of ether oxygens (including phenoxy) is 1. The molecule has 1 amide bonds. The van der Waals surface area contributed by atoms with Crippen molar-refractivity contribution >= 4 is 21.6 Å². The zero-order valence-corrected chi connectivity index (χ0v) is 17.6. The highest BCUT2D eigenvalue weighted by Crippen LogP contribution is 2.28. The van der Waals surface area contributed by atoms with Gasteiger partial charge in [0, 0.05) is 14.1 Å². The number of methoxy groups -OCH3 is 1. The third-order valence-corrected chi connectivity index (χ3v) is 6.05. The van der Waals surface area contributed by atoms with E-state index in [1.54, 1.807) is 6.92 Å². The van der Waals surface area contributed by atoms with Crippen LogP contribution in [0.3, 0.4) is 0 Å². The number of carbonyl (C=O) groups excluding carboxylic acids is 1. The maximum Gasteiger partial charge on any atom is 0.295 e. The van der Waals surface area contributed by atoms with Crippen molar-refractivity contribution in [3.63, 3.8) is 0 Å². The molecule has 0 unspecified atom stereocenters. The fourth-order valence-corrected chi connectivity index (χ4v) is 3.58. The first-order valence-electron chi connectivity index (χ1n) is 8.75. The standard InChI is InChI=1S/C19H20FN5O4S/c1-12-21-18(23-25(12)14-7-5-13(20)6-8-14)19(26)22-16-11-15(9-10-17(16)29-4)30(27,28)24(2)3/h5-11H,1-4H3,(H,22,26). The molecule has 158 valence electrons. The number of rotatable bonds is 6. The van der Waals surface area contributed by atoms with E-state index in [2.05, 4.69) is 15.4 Å². The van der Waals surface area contributed by atoms with Gasteiger partial charge < -0.3 is 10.1 Å². The van der Waals surface area contributed by atoms with Crippen molar-refractivity contribution in [2.24, 2.45) is 0 Å². The Morgan fingerprint density at radius 2 is 1.83 bits per heavy atom. The average Bonchev–Trinajstić information content (AvgIpc) is 3.10. The lowest BCUT2D eigenvalue weighted by Gasteiger charge is -2.14. The van der Waals surface area contributed by atoms with E-state index in [1.807, 2.05) is 0 Å². The molecule has 11 heteroatoms. The molecule has 0 fully saturated rings. The summed E-state index contributed by atoms with van der Waals surface area (Å²) in [6, 6.07) is 9.71. The highest BCUT2D eigenvalue weighted by atomic mass is 32.2. The monoisotopic (exact) mass is 433 g/mol. The number of nitrogens with one attached hydrogen (secondary N) is 1. The largest absolute Gasteiger partial charge is 0.495 e. The van der Waals surface area contributed by atoms with E-state index in [9.17, 15) is 17.6 Å². The van der Waals surface area contributed by atoms with Gasteiger partial charge in [-0.25, -0.2) is 26.8 Å². The van der Waals surface area contributed by atoms with Crippen molar-refractivity contribution in [1.29, 1.82) is 0 Å². The minimum atomic E-state index is -3.71. The predicted molar refractivity (Wildman–Crippen MR) is 108 cm³/mol. The zero-order valence-electron chi connectivity index (χ0n) is 16.7. The minimum Gasteiger partial charge on any atom is -0.495 e. The molecule has 30 heavy (non-hydrogen) atoms. The van der Waals surface area contributed by atoms with Crippen molar-refractivity contribution in [3.05, 3.63) is 59.9 Å². The van der Waals surface area contributed by atoms with Crippen LogP contribution >= 0.6 is 0 Å². The van der Waals surface area contributed by atoms with Gasteiger partial charge in [0.25, 0.3) is 5.91 Å². The Morgan fingerprint density at radius 1 is 1.17 bits per heavy atom. The van der Waals surface area contributed by atoms with Crippen molar-refractivity contribution in [3.8, 4) is 11.4 Å². The Morgan fingerprint density at radius 3 is 2.43 bits per heavy atom. The molecular formula is C19H20FN5O4S. The topological polar surface area (TPSA) is 106 Å². The van der Waals surface area contributed by atoms with E-state index in [0.29, 0.717) is 11.5 Å². The lowest BCUT2D eigenvalue weighted by Crippen LogP contribution is -2.22. The summed E-state index contributed by atoms with van der Waals surface area (Å²) in [5, 5.41) is 6.75. The van der Waals surface area contributed by atoms with Crippen LogP contribution in [-0.2, 0) is 10.0 Å². The van der Waals surface area contributed by atoms with Crippen LogP contribution in [0.15, 0.2) is 47.4 Å². The summed E-state index contributed by atoms with van der Waals surface area (Å²) < 4.78 is 45.6. The van der Waals surface area contributed by atoms with Gasteiger partial charge in [0.15, 0.2) is 0 Å². The number of anilines is 1. The molecule has 0 saturated heterocycles. The second-order valence-electron chi connectivity index (χ2n) is 6.47. The molecule has 2 aromatic carbocycles. The number of sulfonamides is 1. The Bertz CT molecular complexity index is 1190. The quantitative estimate of drug-likeness (QED) is 0.639. The van der Waals surface area contributed by atoms with Gasteiger partial charge in [-0.05, 0) is 49.4 Å². The van der Waals surface area contributed by atoms with Gasteiger partial charge >= 0.3 is 0 Å². The Hall–Kier alpha value is -3.31. The maximum absolute atomic E-state index is 13.1. The van der Waals surface area contributed by atoms with Crippen LogP contribution in [0, 0.1) is 12.7 Å². The summed E-state index contributed by atoms with van der Waals surface area (Å²) in [7, 11) is 0.512. The molecule has 3 rings (SSSR count). The molecule has 0 bridgehead atoms. The molecule has 0 saturated carbocycles. The van der Waals surface area contributed by atoms with E-state index in [4.69, 9.17) is 4.74 Å². The Labute approximate surface area is 173 Å². The van der Waals surface area contributed by atoms with E-state index >= 15 is 0 Å². The first-order valence-corrected chi connectivity index (χ1v) is 10.2.